The molecule has 2 aliphatic heterocycles. The third kappa shape index (κ3) is 5.33. The monoisotopic (exact) mass is 474 g/mol. The van der Waals surface area contributed by atoms with Gasteiger partial charge in [0.2, 0.25) is 0 Å². The molecule has 2 fully saturated rings. The van der Waals surface area contributed by atoms with Crippen molar-refractivity contribution in [1.29, 1.82) is 0 Å². The fourth-order valence-corrected chi connectivity index (χ4v) is 4.51. The molecule has 4 rings (SSSR count). The van der Waals surface area contributed by atoms with Crippen LogP contribution in [0.25, 0.3) is 0 Å². The fourth-order valence-electron chi connectivity index (χ4n) is 3.97. The number of rotatable bonds is 6. The number of para-hydroxylation sites is 2. The molecule has 2 saturated heterocycles. The maximum atomic E-state index is 12.7. The Hall–Kier alpha value is -1.82. The summed E-state index contributed by atoms with van der Waals surface area (Å²) in [7, 11) is 3.55. The molecule has 170 valence electrons. The van der Waals surface area contributed by atoms with Crippen LogP contribution in [-0.2, 0) is 10.5 Å². The predicted octanol–water partition coefficient (Wildman–Crippen LogP) is 4.22. The average molecular weight is 475 g/mol. The van der Waals surface area contributed by atoms with Crippen LogP contribution < -0.4 is 13.9 Å². The number of anilines is 2. The molecule has 1 aromatic carbocycles. The molecule has 2 aliphatic rings. The number of benzene rings is 1. The number of pyridine rings is 1. The SMILES string of the molecule is COc1ccccc1N(C)SON1CC2CN(c3ccc(C(F)(F)F)cn3)CC2C1.S. The maximum absolute atomic E-state index is 12.7. The summed E-state index contributed by atoms with van der Waals surface area (Å²) >= 11 is 1.24. The van der Waals surface area contributed by atoms with E-state index in [1.54, 1.807) is 7.11 Å². The van der Waals surface area contributed by atoms with Crippen molar-refractivity contribution in [3.63, 3.8) is 0 Å². The fraction of sp³-hybridized carbons (Fsp3) is 0.450. The summed E-state index contributed by atoms with van der Waals surface area (Å²) in [5.74, 6) is 2.15. The predicted molar refractivity (Wildman–Crippen MR) is 120 cm³/mol. The van der Waals surface area contributed by atoms with Crippen molar-refractivity contribution in [2.45, 2.75) is 6.18 Å². The van der Waals surface area contributed by atoms with E-state index in [1.165, 1.54) is 18.3 Å². The zero-order chi connectivity index (χ0) is 21.3. The van der Waals surface area contributed by atoms with Crippen molar-refractivity contribution in [2.24, 2.45) is 11.8 Å². The number of fused-ring (bicyclic) bond motifs is 1. The summed E-state index contributed by atoms with van der Waals surface area (Å²) in [5, 5.41) is 1.95. The summed E-state index contributed by atoms with van der Waals surface area (Å²) in [6.07, 6.45) is -3.46. The highest BCUT2D eigenvalue weighted by Crippen LogP contribution is 2.37. The van der Waals surface area contributed by atoms with Crippen LogP contribution in [0.4, 0.5) is 24.7 Å². The Bertz CT molecular complexity index is 858. The molecular weight excluding hydrogens is 449 g/mol. The molecule has 2 unspecified atom stereocenters. The van der Waals surface area contributed by atoms with Gasteiger partial charge in [-0.05, 0) is 36.1 Å². The highest BCUT2D eigenvalue weighted by molar-refractivity contribution is 7.96. The first-order valence-corrected chi connectivity index (χ1v) is 10.3. The number of halogens is 3. The molecule has 0 spiro atoms. The lowest BCUT2D eigenvalue weighted by molar-refractivity contribution is -0.137. The van der Waals surface area contributed by atoms with Crippen LogP contribution in [0.2, 0.25) is 0 Å². The summed E-state index contributed by atoms with van der Waals surface area (Å²) in [5.41, 5.74) is 0.199. The van der Waals surface area contributed by atoms with Gasteiger partial charge in [-0.15, -0.1) is 0 Å². The van der Waals surface area contributed by atoms with Gasteiger partial charge < -0.3 is 9.64 Å². The van der Waals surface area contributed by atoms with Crippen molar-refractivity contribution in [1.82, 2.24) is 10.0 Å². The topological polar surface area (TPSA) is 41.1 Å². The minimum absolute atomic E-state index is 0. The first-order valence-electron chi connectivity index (χ1n) is 9.60. The van der Waals surface area contributed by atoms with Gasteiger partial charge in [0.1, 0.15) is 23.8 Å². The summed E-state index contributed by atoms with van der Waals surface area (Å²) < 4.78 is 51.4. The number of hydroxylamine groups is 2. The average Bonchev–Trinajstić information content (AvgIpc) is 3.30. The molecular formula is C20H25F3N4O2S2. The molecule has 3 heterocycles. The molecule has 0 amide bonds. The number of methoxy groups -OCH3 is 1. The largest absolute Gasteiger partial charge is 0.495 e. The molecule has 0 saturated carbocycles. The van der Waals surface area contributed by atoms with Gasteiger partial charge in [-0.1, -0.05) is 12.1 Å². The van der Waals surface area contributed by atoms with Gasteiger partial charge in [-0.3, -0.25) is 4.31 Å². The smallest absolute Gasteiger partial charge is 0.417 e. The highest BCUT2D eigenvalue weighted by Gasteiger charge is 2.41. The number of nitrogens with zero attached hydrogens (tertiary/aromatic N) is 4. The van der Waals surface area contributed by atoms with E-state index in [-0.39, 0.29) is 13.5 Å². The van der Waals surface area contributed by atoms with E-state index in [4.69, 9.17) is 9.02 Å². The molecule has 0 aliphatic carbocycles. The van der Waals surface area contributed by atoms with E-state index in [9.17, 15) is 13.2 Å². The zero-order valence-corrected chi connectivity index (χ0v) is 19.0. The van der Waals surface area contributed by atoms with Gasteiger partial charge in [-0.2, -0.15) is 31.7 Å². The molecule has 1 aromatic heterocycles. The van der Waals surface area contributed by atoms with Crippen molar-refractivity contribution >= 4 is 37.2 Å². The molecule has 0 N–H and O–H groups in total. The van der Waals surface area contributed by atoms with E-state index in [2.05, 4.69) is 9.88 Å². The number of aromatic nitrogens is 1. The Morgan fingerprint density at radius 3 is 2.32 bits per heavy atom. The van der Waals surface area contributed by atoms with Gasteiger partial charge in [-0.25, -0.2) is 9.27 Å². The minimum Gasteiger partial charge on any atom is -0.495 e. The molecule has 6 nitrogen and oxygen atoms in total. The quantitative estimate of drug-likeness (QED) is 0.459. The standard InChI is InChI=1S/C20H23F3N4O2S.H2S/c1-25(17-5-3-4-6-18(17)28-2)30-29-27-12-14-10-26(11-15(14)13-27)19-8-7-16(9-24-19)20(21,22)23;/h3-9,14-15H,10-13H2,1-2H3;1H2. The lowest BCUT2D eigenvalue weighted by atomic mass is 10.0. The van der Waals surface area contributed by atoms with Crippen LogP contribution in [-0.4, -0.2) is 50.4 Å². The van der Waals surface area contributed by atoms with Crippen LogP contribution in [0.3, 0.4) is 0 Å². The van der Waals surface area contributed by atoms with Gasteiger partial charge in [0.15, 0.2) is 0 Å². The van der Waals surface area contributed by atoms with E-state index in [1.807, 2.05) is 40.7 Å². The van der Waals surface area contributed by atoms with Crippen molar-refractivity contribution in [3.8, 4) is 5.75 Å². The van der Waals surface area contributed by atoms with Crippen molar-refractivity contribution < 1.29 is 22.2 Å². The summed E-state index contributed by atoms with van der Waals surface area (Å²) in [6.45, 7) is 3.06. The Labute approximate surface area is 191 Å². The first kappa shape index (κ1) is 23.8. The van der Waals surface area contributed by atoms with Crippen LogP contribution in [0.1, 0.15) is 5.56 Å². The second kappa shape index (κ2) is 9.76. The van der Waals surface area contributed by atoms with Gasteiger partial charge >= 0.3 is 6.18 Å². The molecule has 0 radical (unpaired) electrons. The Morgan fingerprint density at radius 1 is 1.06 bits per heavy atom. The van der Waals surface area contributed by atoms with Gasteiger partial charge in [0.05, 0.1) is 18.4 Å². The third-order valence-electron chi connectivity index (χ3n) is 5.53. The highest BCUT2D eigenvalue weighted by atomic mass is 32.2. The van der Waals surface area contributed by atoms with Crippen LogP contribution in [0.15, 0.2) is 42.6 Å². The minimum atomic E-state index is -4.36. The first-order chi connectivity index (χ1) is 14.3. The van der Waals surface area contributed by atoms with E-state index in [0.29, 0.717) is 17.7 Å². The maximum Gasteiger partial charge on any atom is 0.417 e. The van der Waals surface area contributed by atoms with Crippen LogP contribution in [0.5, 0.6) is 5.75 Å². The summed E-state index contributed by atoms with van der Waals surface area (Å²) in [4.78, 5) is 6.08. The molecule has 11 heteroatoms. The van der Waals surface area contributed by atoms with E-state index in [0.717, 1.165) is 49.9 Å². The summed E-state index contributed by atoms with van der Waals surface area (Å²) in [6, 6.07) is 10.3. The Morgan fingerprint density at radius 2 is 1.74 bits per heavy atom. The number of ether oxygens (including phenoxy) is 1. The van der Waals surface area contributed by atoms with Crippen molar-refractivity contribution in [2.75, 3.05) is 49.5 Å². The Balaban J connectivity index is 0.00000272. The normalized spacial score (nSPS) is 21.0. The molecule has 2 aromatic rings. The van der Waals surface area contributed by atoms with E-state index >= 15 is 0 Å². The lowest BCUT2D eigenvalue weighted by Crippen LogP contribution is -2.29. The lowest BCUT2D eigenvalue weighted by Gasteiger charge is -2.24. The Kier molecular flexibility index (Phi) is 7.51. The molecule has 2 atom stereocenters. The van der Waals surface area contributed by atoms with Gasteiger partial charge in [0, 0.05) is 39.4 Å². The second-order valence-electron chi connectivity index (χ2n) is 7.49. The second-order valence-corrected chi connectivity index (χ2v) is 8.34. The van der Waals surface area contributed by atoms with Gasteiger partial charge in [0.25, 0.3) is 0 Å². The van der Waals surface area contributed by atoms with Crippen LogP contribution >= 0.6 is 25.7 Å². The number of hydrogen-bond acceptors (Lipinski definition) is 7. The van der Waals surface area contributed by atoms with Crippen molar-refractivity contribution in [3.05, 3.63) is 48.2 Å². The zero-order valence-electron chi connectivity index (χ0n) is 17.2. The van der Waals surface area contributed by atoms with E-state index < -0.39 is 11.7 Å². The third-order valence-corrected chi connectivity index (χ3v) is 6.22. The number of hydrogen-bond donors (Lipinski definition) is 0. The number of alkyl halides is 3. The molecule has 31 heavy (non-hydrogen) atoms. The van der Waals surface area contributed by atoms with Crippen LogP contribution in [0, 0.1) is 11.8 Å². The molecule has 0 bridgehead atoms.